The van der Waals surface area contributed by atoms with Gasteiger partial charge in [-0.05, 0) is 53.9 Å². The van der Waals surface area contributed by atoms with Crippen LogP contribution in [-0.4, -0.2) is 74.5 Å². The Morgan fingerprint density at radius 3 is 2.20 bits per heavy atom. The van der Waals surface area contributed by atoms with Gasteiger partial charge >= 0.3 is 5.97 Å². The lowest BCUT2D eigenvalue weighted by molar-refractivity contribution is -0.152. The summed E-state index contributed by atoms with van der Waals surface area (Å²) in [6.45, 7) is -0.00137. The quantitative estimate of drug-likeness (QED) is 0.109. The molecule has 0 aliphatic carbocycles. The second kappa shape index (κ2) is 13.6. The number of carbonyl (C=O) groups is 4. The van der Waals surface area contributed by atoms with Gasteiger partial charge in [-0.15, -0.1) is 0 Å². The monoisotopic (exact) mass is 629 g/mol. The fraction of sp³-hybridized carbons (Fsp3) is 0.294. The number of hydrogen-bond acceptors (Lipinski definition) is 10. The van der Waals surface area contributed by atoms with Gasteiger partial charge < -0.3 is 34.3 Å². The Labute approximate surface area is 266 Å². The molecule has 2 heterocycles. The van der Waals surface area contributed by atoms with Crippen molar-refractivity contribution in [2.24, 2.45) is 0 Å². The van der Waals surface area contributed by atoms with Gasteiger partial charge in [-0.25, -0.2) is 0 Å². The van der Waals surface area contributed by atoms with Gasteiger partial charge in [-0.3, -0.25) is 24.1 Å². The zero-order valence-corrected chi connectivity index (χ0v) is 26.0. The highest BCUT2D eigenvalue weighted by Crippen LogP contribution is 2.39. The Balaban J connectivity index is 1.25. The summed E-state index contributed by atoms with van der Waals surface area (Å²) >= 11 is 0. The minimum absolute atomic E-state index is 0.0647. The molecule has 1 fully saturated rings. The first-order valence-electron chi connectivity index (χ1n) is 14.6. The van der Waals surface area contributed by atoms with Crippen LogP contribution in [0.2, 0.25) is 0 Å². The number of imide groups is 1. The fourth-order valence-electron chi connectivity index (χ4n) is 5.62. The molecule has 1 saturated heterocycles. The Morgan fingerprint density at radius 2 is 1.54 bits per heavy atom. The molecule has 2 aliphatic heterocycles. The maximum atomic E-state index is 13.4. The predicted octanol–water partition coefficient (Wildman–Crippen LogP) is 3.94. The topological polar surface area (TPSA) is 147 Å². The lowest BCUT2D eigenvalue weighted by Gasteiger charge is -2.35. The molecule has 240 valence electrons. The molecular weight excluding hydrogens is 594 g/mol. The van der Waals surface area contributed by atoms with E-state index in [0.717, 1.165) is 10.5 Å². The number of hydrogen-bond donors (Lipinski definition) is 1. The minimum atomic E-state index is -0.831. The summed E-state index contributed by atoms with van der Waals surface area (Å²) in [7, 11) is 6.06. The Kier molecular flexibility index (Phi) is 9.45. The highest BCUT2D eigenvalue weighted by atomic mass is 16.6. The van der Waals surface area contributed by atoms with Crippen LogP contribution in [-0.2, 0) is 20.9 Å². The van der Waals surface area contributed by atoms with Crippen LogP contribution in [0.3, 0.4) is 0 Å². The summed E-state index contributed by atoms with van der Waals surface area (Å²) in [5, 5.41) is 0. The van der Waals surface area contributed by atoms with Crippen LogP contribution >= 0.6 is 0 Å². The molecule has 0 radical (unpaired) electrons. The number of likely N-dealkylation sites (tertiary alicyclic amines) is 1. The number of rotatable bonds is 11. The molecule has 12 nitrogen and oxygen atoms in total. The van der Waals surface area contributed by atoms with Crippen LogP contribution in [0, 0.1) is 0 Å². The fourth-order valence-corrected chi connectivity index (χ4v) is 5.62. The molecule has 3 aromatic carbocycles. The van der Waals surface area contributed by atoms with Crippen LogP contribution < -0.4 is 29.4 Å². The van der Waals surface area contributed by atoms with Crippen LogP contribution in [0.1, 0.15) is 46.3 Å². The molecule has 0 aromatic heterocycles. The number of anilines is 1. The van der Waals surface area contributed by atoms with Crippen molar-refractivity contribution in [3.8, 4) is 28.7 Å². The molecule has 2 aliphatic rings. The van der Waals surface area contributed by atoms with Crippen molar-refractivity contribution >= 4 is 41.5 Å². The summed E-state index contributed by atoms with van der Waals surface area (Å²) in [4.78, 5) is 54.6. The second-order valence-electron chi connectivity index (χ2n) is 10.7. The lowest BCUT2D eigenvalue weighted by atomic mass is 10.0. The van der Waals surface area contributed by atoms with E-state index in [1.807, 2.05) is 12.2 Å². The number of benzene rings is 3. The summed E-state index contributed by atoms with van der Waals surface area (Å²) in [5.74, 6) is 0.0832. The van der Waals surface area contributed by atoms with E-state index in [1.54, 1.807) is 48.5 Å². The van der Waals surface area contributed by atoms with Crippen LogP contribution in [0.15, 0.2) is 48.5 Å². The maximum absolute atomic E-state index is 13.4. The Bertz CT molecular complexity index is 1690. The third kappa shape index (κ3) is 6.32. The van der Waals surface area contributed by atoms with Crippen LogP contribution in [0.25, 0.3) is 12.2 Å². The third-order valence-electron chi connectivity index (χ3n) is 8.00. The molecule has 2 N–H and O–H groups in total. The van der Waals surface area contributed by atoms with Crippen molar-refractivity contribution in [3.05, 3.63) is 70.8 Å². The van der Waals surface area contributed by atoms with Gasteiger partial charge in [0, 0.05) is 36.3 Å². The molecule has 0 saturated carbocycles. The molecule has 0 spiro atoms. The summed E-state index contributed by atoms with van der Waals surface area (Å²) < 4.78 is 27.2. The number of fused-ring (bicyclic) bond motifs is 1. The van der Waals surface area contributed by atoms with Gasteiger partial charge in [0.25, 0.3) is 11.8 Å². The van der Waals surface area contributed by atoms with Crippen LogP contribution in [0.4, 0.5) is 5.69 Å². The number of methoxy groups -OCH3 is 4. The van der Waals surface area contributed by atoms with E-state index >= 15 is 0 Å². The normalized spacial score (nSPS) is 16.1. The average molecular weight is 630 g/mol. The first kappa shape index (κ1) is 31.9. The van der Waals surface area contributed by atoms with Gasteiger partial charge in [0.1, 0.15) is 6.04 Å². The van der Waals surface area contributed by atoms with Crippen LogP contribution in [0.5, 0.6) is 28.7 Å². The molecule has 0 bridgehead atoms. The lowest BCUT2D eigenvalue weighted by Crippen LogP contribution is -2.55. The molecule has 3 aromatic rings. The molecule has 12 heteroatoms. The molecule has 5 rings (SSSR count). The largest absolute Gasteiger partial charge is 0.493 e. The number of ether oxygens (including phenoxy) is 5. The van der Waals surface area contributed by atoms with E-state index in [1.165, 1.54) is 33.3 Å². The van der Waals surface area contributed by atoms with Gasteiger partial charge in [-0.1, -0.05) is 24.3 Å². The zero-order valence-electron chi connectivity index (χ0n) is 26.0. The van der Waals surface area contributed by atoms with E-state index in [0.29, 0.717) is 45.4 Å². The molecule has 1 atom stereocenters. The number of nitrogens with two attached hydrogens (primary N) is 1. The number of esters is 1. The van der Waals surface area contributed by atoms with Gasteiger partial charge in [-0.2, -0.15) is 0 Å². The van der Waals surface area contributed by atoms with Gasteiger partial charge in [0.05, 0.1) is 34.9 Å². The summed E-state index contributed by atoms with van der Waals surface area (Å²) in [5.41, 5.74) is 9.14. The van der Waals surface area contributed by atoms with E-state index in [-0.39, 0.29) is 44.0 Å². The van der Waals surface area contributed by atoms with E-state index in [9.17, 15) is 19.2 Å². The average Bonchev–Trinajstić information content (AvgIpc) is 3.40. The first-order chi connectivity index (χ1) is 22.2. The van der Waals surface area contributed by atoms with Crippen molar-refractivity contribution in [3.63, 3.8) is 0 Å². The standard InChI is InChI=1S/C34H35N3O9/c1-42-26-12-10-20(8-9-21-17-28(43-2)32(45-4)29(18-21)44-3)16-27(26)46-31(39)14-15-36-30(38)13-11-25(34(36)41)37-19-23-22(33(37)40)6-5-7-24(23)35/h5-10,12,16-18,25H,11,13-15,19,35H2,1-4H3/b9-8-. The summed E-state index contributed by atoms with van der Waals surface area (Å²) in [6.07, 6.45) is 3.66. The highest BCUT2D eigenvalue weighted by molar-refractivity contribution is 6.06. The van der Waals surface area contributed by atoms with Crippen molar-refractivity contribution in [1.29, 1.82) is 0 Å². The number of nitrogen functional groups attached to an aromatic ring is 1. The number of amides is 3. The molecule has 3 amide bonds. The zero-order chi connectivity index (χ0) is 33.0. The number of nitrogens with zero attached hydrogens (tertiary/aromatic N) is 2. The molecule has 1 unspecified atom stereocenters. The van der Waals surface area contributed by atoms with E-state index in [2.05, 4.69) is 0 Å². The van der Waals surface area contributed by atoms with Crippen molar-refractivity contribution in [2.45, 2.75) is 31.8 Å². The molecule has 46 heavy (non-hydrogen) atoms. The second-order valence-corrected chi connectivity index (χ2v) is 10.7. The van der Waals surface area contributed by atoms with E-state index in [4.69, 9.17) is 29.4 Å². The Hall–Kier alpha value is -5.52. The van der Waals surface area contributed by atoms with Gasteiger partial charge in [0.2, 0.25) is 11.7 Å². The minimum Gasteiger partial charge on any atom is -0.493 e. The molecular formula is C34H35N3O9. The predicted molar refractivity (Wildman–Crippen MR) is 169 cm³/mol. The smallest absolute Gasteiger partial charge is 0.313 e. The van der Waals surface area contributed by atoms with Gasteiger partial charge in [0.15, 0.2) is 23.0 Å². The number of carbonyl (C=O) groups excluding carboxylic acids is 4. The number of piperidine rings is 1. The summed E-state index contributed by atoms with van der Waals surface area (Å²) in [6, 6.07) is 12.9. The highest BCUT2D eigenvalue weighted by Gasteiger charge is 2.43. The van der Waals surface area contributed by atoms with Crippen molar-refractivity contribution in [1.82, 2.24) is 9.80 Å². The third-order valence-corrected chi connectivity index (χ3v) is 8.00. The maximum Gasteiger partial charge on any atom is 0.313 e. The first-order valence-corrected chi connectivity index (χ1v) is 14.6. The van der Waals surface area contributed by atoms with Crippen molar-refractivity contribution in [2.75, 3.05) is 40.7 Å². The van der Waals surface area contributed by atoms with E-state index < -0.39 is 23.8 Å². The van der Waals surface area contributed by atoms with Crippen molar-refractivity contribution < 1.29 is 42.9 Å². The SMILES string of the molecule is COc1ccc(/C=C\c2cc(OC)c(OC)c(OC)c2)cc1OC(=O)CCN1C(=O)CCC(N2Cc3c(N)cccc3C2=O)C1=O. The Morgan fingerprint density at radius 1 is 0.870 bits per heavy atom.